The Balaban J connectivity index is 1.70. The Bertz CT molecular complexity index is 470. The van der Waals surface area contributed by atoms with Crippen LogP contribution in [0.3, 0.4) is 0 Å². The van der Waals surface area contributed by atoms with Gasteiger partial charge in [0, 0.05) is 37.0 Å². The number of nitrogens with zero attached hydrogens (tertiary/aromatic N) is 3. The minimum Gasteiger partial charge on any atom is -0.379 e. The molecule has 2 aliphatic heterocycles. The fraction of sp³-hybridized carbons (Fsp3) is 0.714. The number of aryl methyl sites for hydroxylation is 1. The highest BCUT2D eigenvalue weighted by molar-refractivity contribution is 7.99. The van der Waals surface area contributed by atoms with Crippen LogP contribution in [-0.2, 0) is 4.74 Å². The van der Waals surface area contributed by atoms with E-state index in [-0.39, 0.29) is 5.54 Å². The zero-order valence-corrected chi connectivity index (χ0v) is 13.8. The SMILES string of the molecule is Cc1nc(Cl)cc(NCC2(N3CCOCC3)CCSC2)n1. The zero-order valence-electron chi connectivity index (χ0n) is 12.3. The van der Waals surface area contributed by atoms with Crippen LogP contribution in [0.1, 0.15) is 12.2 Å². The van der Waals surface area contributed by atoms with Crippen LogP contribution in [0.2, 0.25) is 5.15 Å². The summed E-state index contributed by atoms with van der Waals surface area (Å²) in [5, 5.41) is 3.97. The van der Waals surface area contributed by atoms with E-state index in [0.717, 1.165) is 44.4 Å². The van der Waals surface area contributed by atoms with Gasteiger partial charge in [-0.15, -0.1) is 0 Å². The first-order valence-corrected chi connectivity index (χ1v) is 8.87. The van der Waals surface area contributed by atoms with Crippen LogP contribution in [0.5, 0.6) is 0 Å². The molecule has 0 amide bonds. The number of anilines is 1. The summed E-state index contributed by atoms with van der Waals surface area (Å²) in [4.78, 5) is 11.1. The van der Waals surface area contributed by atoms with Crippen LogP contribution >= 0.6 is 23.4 Å². The fourth-order valence-corrected chi connectivity index (χ4v) is 4.71. The summed E-state index contributed by atoms with van der Waals surface area (Å²) >= 11 is 8.04. The number of ether oxygens (including phenoxy) is 1. The second-order valence-electron chi connectivity index (χ2n) is 5.60. The number of morpholine rings is 1. The smallest absolute Gasteiger partial charge is 0.134 e. The van der Waals surface area contributed by atoms with E-state index in [1.807, 2.05) is 18.7 Å². The standard InChI is InChI=1S/C14H21ClN4OS/c1-11-17-12(15)8-13(18-11)16-9-14(2-7-21-10-14)19-3-5-20-6-4-19/h8H,2-7,9-10H2,1H3,(H,16,17,18). The molecule has 1 aromatic heterocycles. The van der Waals surface area contributed by atoms with Gasteiger partial charge < -0.3 is 10.1 Å². The van der Waals surface area contributed by atoms with Crippen LogP contribution < -0.4 is 5.32 Å². The van der Waals surface area contributed by atoms with Crippen molar-refractivity contribution in [2.45, 2.75) is 18.9 Å². The Hall–Kier alpha value is -0.560. The maximum absolute atomic E-state index is 6.01. The van der Waals surface area contributed by atoms with Gasteiger partial charge in [-0.1, -0.05) is 11.6 Å². The molecule has 2 fully saturated rings. The largest absolute Gasteiger partial charge is 0.379 e. The number of nitrogens with one attached hydrogen (secondary N) is 1. The normalized spacial score (nSPS) is 27.0. The minimum atomic E-state index is 0.208. The lowest BCUT2D eigenvalue weighted by Gasteiger charge is -2.43. The first kappa shape index (κ1) is 15.3. The van der Waals surface area contributed by atoms with Crippen molar-refractivity contribution < 1.29 is 4.74 Å². The second kappa shape index (κ2) is 6.69. The molecule has 5 nitrogen and oxygen atoms in total. The lowest BCUT2D eigenvalue weighted by atomic mass is 9.95. The second-order valence-corrected chi connectivity index (χ2v) is 7.10. The predicted octanol–water partition coefficient (Wildman–Crippen LogP) is 2.06. The first-order valence-electron chi connectivity index (χ1n) is 7.34. The molecule has 116 valence electrons. The number of hydrogen-bond donors (Lipinski definition) is 1. The highest BCUT2D eigenvalue weighted by Crippen LogP contribution is 2.34. The van der Waals surface area contributed by atoms with E-state index in [1.54, 1.807) is 6.07 Å². The van der Waals surface area contributed by atoms with Crippen LogP contribution in [0.25, 0.3) is 0 Å². The summed E-state index contributed by atoms with van der Waals surface area (Å²) in [6.45, 7) is 6.47. The van der Waals surface area contributed by atoms with E-state index >= 15 is 0 Å². The van der Waals surface area contributed by atoms with Gasteiger partial charge in [0.15, 0.2) is 0 Å². The summed E-state index contributed by atoms with van der Waals surface area (Å²) in [5.41, 5.74) is 0.208. The molecule has 0 radical (unpaired) electrons. The van der Waals surface area contributed by atoms with Crippen molar-refractivity contribution in [3.8, 4) is 0 Å². The van der Waals surface area contributed by atoms with Crippen molar-refractivity contribution in [1.82, 2.24) is 14.9 Å². The topological polar surface area (TPSA) is 50.3 Å². The van der Waals surface area contributed by atoms with Gasteiger partial charge in [0.05, 0.1) is 13.2 Å². The van der Waals surface area contributed by atoms with Crippen LogP contribution in [0.4, 0.5) is 5.82 Å². The fourth-order valence-electron chi connectivity index (χ4n) is 3.01. The third-order valence-corrected chi connectivity index (χ3v) is 5.60. The van der Waals surface area contributed by atoms with Gasteiger partial charge in [0.1, 0.15) is 16.8 Å². The van der Waals surface area contributed by atoms with Crippen molar-refractivity contribution in [1.29, 1.82) is 0 Å². The Kier molecular flexibility index (Phi) is 4.88. The molecule has 7 heteroatoms. The lowest BCUT2D eigenvalue weighted by Crippen LogP contribution is -2.57. The Morgan fingerprint density at radius 1 is 1.43 bits per heavy atom. The van der Waals surface area contributed by atoms with Crippen molar-refractivity contribution in [2.24, 2.45) is 0 Å². The molecule has 0 aliphatic carbocycles. The van der Waals surface area contributed by atoms with E-state index in [0.29, 0.717) is 11.0 Å². The summed E-state index contributed by atoms with van der Waals surface area (Å²) < 4.78 is 5.49. The van der Waals surface area contributed by atoms with Gasteiger partial charge in [0.25, 0.3) is 0 Å². The van der Waals surface area contributed by atoms with Gasteiger partial charge >= 0.3 is 0 Å². The van der Waals surface area contributed by atoms with Gasteiger partial charge in [0.2, 0.25) is 0 Å². The Labute approximate surface area is 134 Å². The van der Waals surface area contributed by atoms with E-state index in [2.05, 4.69) is 20.2 Å². The Morgan fingerprint density at radius 3 is 2.90 bits per heavy atom. The monoisotopic (exact) mass is 328 g/mol. The first-order chi connectivity index (χ1) is 10.2. The van der Waals surface area contributed by atoms with Crippen LogP contribution in [-0.4, -0.2) is 64.8 Å². The molecule has 1 atom stereocenters. The number of rotatable bonds is 4. The molecular weight excluding hydrogens is 308 g/mol. The molecule has 2 saturated heterocycles. The third-order valence-electron chi connectivity index (χ3n) is 4.17. The molecular formula is C14H21ClN4OS. The summed E-state index contributed by atoms with van der Waals surface area (Å²) in [5.74, 6) is 3.91. The molecule has 0 spiro atoms. The van der Waals surface area contributed by atoms with E-state index in [1.165, 1.54) is 12.2 Å². The molecule has 1 aromatic rings. The molecule has 0 aromatic carbocycles. The molecule has 0 saturated carbocycles. The molecule has 1 N–H and O–H groups in total. The quantitative estimate of drug-likeness (QED) is 0.854. The average Bonchev–Trinajstić information content (AvgIpc) is 2.95. The highest BCUT2D eigenvalue weighted by atomic mass is 35.5. The molecule has 3 heterocycles. The molecule has 3 rings (SSSR count). The van der Waals surface area contributed by atoms with Gasteiger partial charge in [-0.05, 0) is 19.1 Å². The Morgan fingerprint density at radius 2 is 2.24 bits per heavy atom. The molecule has 21 heavy (non-hydrogen) atoms. The predicted molar refractivity (Wildman–Crippen MR) is 87.3 cm³/mol. The van der Waals surface area contributed by atoms with Gasteiger partial charge in [-0.2, -0.15) is 11.8 Å². The van der Waals surface area contributed by atoms with Crippen LogP contribution in [0.15, 0.2) is 6.07 Å². The van der Waals surface area contributed by atoms with Gasteiger partial charge in [-0.3, -0.25) is 4.90 Å². The number of halogens is 1. The molecule has 1 unspecified atom stereocenters. The summed E-state index contributed by atoms with van der Waals surface area (Å²) in [6, 6.07) is 1.80. The van der Waals surface area contributed by atoms with Crippen molar-refractivity contribution in [3.63, 3.8) is 0 Å². The summed E-state index contributed by atoms with van der Waals surface area (Å²) in [7, 11) is 0. The number of hydrogen-bond acceptors (Lipinski definition) is 6. The summed E-state index contributed by atoms with van der Waals surface area (Å²) in [6.07, 6.45) is 1.21. The molecule has 0 bridgehead atoms. The third kappa shape index (κ3) is 3.62. The zero-order chi connectivity index (χ0) is 14.7. The molecule has 2 aliphatic rings. The maximum atomic E-state index is 6.01. The van der Waals surface area contributed by atoms with Gasteiger partial charge in [-0.25, -0.2) is 9.97 Å². The lowest BCUT2D eigenvalue weighted by molar-refractivity contribution is -0.00922. The van der Waals surface area contributed by atoms with Crippen LogP contribution in [0, 0.1) is 6.92 Å². The van der Waals surface area contributed by atoms with E-state index in [4.69, 9.17) is 16.3 Å². The number of thioether (sulfide) groups is 1. The van der Waals surface area contributed by atoms with Crippen molar-refractivity contribution in [3.05, 3.63) is 17.0 Å². The maximum Gasteiger partial charge on any atom is 0.134 e. The van der Waals surface area contributed by atoms with E-state index in [9.17, 15) is 0 Å². The minimum absolute atomic E-state index is 0.208. The average molecular weight is 329 g/mol. The number of aromatic nitrogens is 2. The van der Waals surface area contributed by atoms with Crippen molar-refractivity contribution in [2.75, 3.05) is 49.7 Å². The van der Waals surface area contributed by atoms with Crippen molar-refractivity contribution >= 4 is 29.2 Å². The van der Waals surface area contributed by atoms with E-state index < -0.39 is 0 Å². The highest BCUT2D eigenvalue weighted by Gasteiger charge is 2.40.